The van der Waals surface area contributed by atoms with Crippen molar-refractivity contribution in [3.8, 4) is 0 Å². The van der Waals surface area contributed by atoms with Crippen molar-refractivity contribution in [3.05, 3.63) is 22.4 Å². The van der Waals surface area contributed by atoms with E-state index in [1.54, 1.807) is 11.3 Å². The van der Waals surface area contributed by atoms with Gasteiger partial charge in [0.25, 0.3) is 0 Å². The summed E-state index contributed by atoms with van der Waals surface area (Å²) in [6, 6.07) is 4.07. The topological polar surface area (TPSA) is 75.7 Å². The Hall–Kier alpha value is -0.960. The third-order valence-electron chi connectivity index (χ3n) is 4.76. The lowest BCUT2D eigenvalue weighted by atomic mass is 10.0. The van der Waals surface area contributed by atoms with Crippen LogP contribution in [0.25, 0.3) is 0 Å². The van der Waals surface area contributed by atoms with Crippen LogP contribution in [0, 0.1) is 0 Å². The lowest BCUT2D eigenvalue weighted by Crippen LogP contribution is -2.50. The molecular formula is C17H26N2O4S2. The molecule has 0 spiro atoms. The molecule has 0 aromatic carbocycles. The number of ether oxygens (including phenoxy) is 1. The summed E-state index contributed by atoms with van der Waals surface area (Å²) in [5.41, 5.74) is -0.644. The molecule has 2 aliphatic rings. The number of rotatable bonds is 7. The van der Waals surface area contributed by atoms with Gasteiger partial charge < -0.3 is 10.1 Å². The van der Waals surface area contributed by atoms with Crippen molar-refractivity contribution in [1.82, 2.24) is 10.2 Å². The molecule has 3 rings (SSSR count). The second kappa shape index (κ2) is 7.73. The van der Waals surface area contributed by atoms with E-state index in [9.17, 15) is 13.2 Å². The SMILES string of the molecule is CC1(NC(=O)CN(Cc2cccs2)CC2CCCO2)CCS(=O)(=O)C1. The molecule has 2 fully saturated rings. The zero-order valence-corrected chi connectivity index (χ0v) is 16.2. The number of thiophene rings is 1. The van der Waals surface area contributed by atoms with E-state index in [4.69, 9.17) is 4.74 Å². The van der Waals surface area contributed by atoms with Crippen molar-refractivity contribution in [1.29, 1.82) is 0 Å². The number of nitrogens with zero attached hydrogens (tertiary/aromatic N) is 1. The number of carbonyl (C=O) groups excluding carboxylic acids is 1. The van der Waals surface area contributed by atoms with Crippen LogP contribution in [0.5, 0.6) is 0 Å². The van der Waals surface area contributed by atoms with E-state index in [1.165, 1.54) is 4.88 Å². The van der Waals surface area contributed by atoms with Crippen molar-refractivity contribution in [2.24, 2.45) is 0 Å². The van der Waals surface area contributed by atoms with Gasteiger partial charge in [0.1, 0.15) is 0 Å². The third-order valence-corrected chi connectivity index (χ3v) is 7.52. The molecule has 0 radical (unpaired) electrons. The molecular weight excluding hydrogens is 360 g/mol. The van der Waals surface area contributed by atoms with E-state index < -0.39 is 15.4 Å². The first-order chi connectivity index (χ1) is 11.8. The maximum Gasteiger partial charge on any atom is 0.234 e. The molecule has 1 aromatic rings. The monoisotopic (exact) mass is 386 g/mol. The van der Waals surface area contributed by atoms with Gasteiger partial charge in [0, 0.05) is 24.6 Å². The quantitative estimate of drug-likeness (QED) is 0.767. The van der Waals surface area contributed by atoms with Crippen molar-refractivity contribution in [2.45, 2.75) is 44.4 Å². The van der Waals surface area contributed by atoms with Gasteiger partial charge in [0.2, 0.25) is 5.91 Å². The summed E-state index contributed by atoms with van der Waals surface area (Å²) in [6.45, 7) is 4.30. The normalized spacial score (nSPS) is 28.5. The van der Waals surface area contributed by atoms with E-state index in [-0.39, 0.29) is 30.1 Å². The van der Waals surface area contributed by atoms with Crippen molar-refractivity contribution in [3.63, 3.8) is 0 Å². The van der Waals surface area contributed by atoms with E-state index in [0.717, 1.165) is 26.0 Å². The largest absolute Gasteiger partial charge is 0.377 e. The summed E-state index contributed by atoms with van der Waals surface area (Å²) in [5.74, 6) is 0.0650. The summed E-state index contributed by atoms with van der Waals surface area (Å²) in [4.78, 5) is 15.9. The van der Waals surface area contributed by atoms with Gasteiger partial charge in [0.15, 0.2) is 9.84 Å². The van der Waals surface area contributed by atoms with Crippen molar-refractivity contribution < 1.29 is 17.9 Å². The third kappa shape index (κ3) is 5.51. The second-order valence-electron chi connectivity index (χ2n) is 7.33. The Labute approximate surface area is 153 Å². The number of carbonyl (C=O) groups is 1. The van der Waals surface area contributed by atoms with Gasteiger partial charge in [-0.1, -0.05) is 6.07 Å². The Bertz CT molecular complexity index is 684. The van der Waals surface area contributed by atoms with Crippen LogP contribution in [0.3, 0.4) is 0 Å². The Morgan fingerprint density at radius 3 is 2.96 bits per heavy atom. The summed E-state index contributed by atoms with van der Waals surface area (Å²) >= 11 is 1.67. The fourth-order valence-corrected chi connectivity index (χ4v) is 6.41. The molecule has 3 heterocycles. The van der Waals surface area contributed by atoms with E-state index >= 15 is 0 Å². The Morgan fingerprint density at radius 1 is 1.52 bits per heavy atom. The van der Waals surface area contributed by atoms with Crippen LogP contribution in [-0.4, -0.2) is 62.1 Å². The highest BCUT2D eigenvalue weighted by Crippen LogP contribution is 2.23. The molecule has 2 saturated heterocycles. The minimum atomic E-state index is -3.03. The first-order valence-corrected chi connectivity index (χ1v) is 11.4. The lowest BCUT2D eigenvalue weighted by Gasteiger charge is -2.28. The van der Waals surface area contributed by atoms with E-state index in [2.05, 4.69) is 16.3 Å². The van der Waals surface area contributed by atoms with Gasteiger partial charge in [-0.25, -0.2) is 8.42 Å². The molecule has 8 heteroatoms. The predicted molar refractivity (Wildman–Crippen MR) is 98.4 cm³/mol. The highest BCUT2D eigenvalue weighted by molar-refractivity contribution is 7.91. The highest BCUT2D eigenvalue weighted by Gasteiger charge is 2.39. The maximum atomic E-state index is 12.5. The molecule has 1 N–H and O–H groups in total. The Balaban J connectivity index is 1.59. The average Bonchev–Trinajstić information content (AvgIpc) is 3.22. The van der Waals surface area contributed by atoms with Crippen molar-refractivity contribution >= 4 is 27.1 Å². The zero-order valence-electron chi connectivity index (χ0n) is 14.6. The summed E-state index contributed by atoms with van der Waals surface area (Å²) in [6.07, 6.45) is 2.76. The summed E-state index contributed by atoms with van der Waals surface area (Å²) in [5, 5.41) is 4.98. The molecule has 140 valence electrons. The molecule has 1 amide bonds. The smallest absolute Gasteiger partial charge is 0.234 e. The lowest BCUT2D eigenvalue weighted by molar-refractivity contribution is -0.124. The molecule has 25 heavy (non-hydrogen) atoms. The molecule has 0 saturated carbocycles. The molecule has 6 nitrogen and oxygen atoms in total. The van der Waals surface area contributed by atoms with E-state index in [1.807, 2.05) is 18.4 Å². The first-order valence-electron chi connectivity index (χ1n) is 8.71. The molecule has 0 aliphatic carbocycles. The Morgan fingerprint density at radius 2 is 2.36 bits per heavy atom. The number of nitrogens with one attached hydrogen (secondary N) is 1. The molecule has 1 aromatic heterocycles. The minimum Gasteiger partial charge on any atom is -0.377 e. The molecule has 2 unspecified atom stereocenters. The van der Waals surface area contributed by atoms with Crippen LogP contribution in [-0.2, 0) is 25.9 Å². The van der Waals surface area contributed by atoms with Crippen LogP contribution in [0.1, 0.15) is 31.1 Å². The summed E-state index contributed by atoms with van der Waals surface area (Å²) < 4.78 is 29.1. The van der Waals surface area contributed by atoms with Crippen LogP contribution in [0.2, 0.25) is 0 Å². The van der Waals surface area contributed by atoms with Gasteiger partial charge in [0.05, 0.1) is 29.7 Å². The van der Waals surface area contributed by atoms with Crippen molar-refractivity contribution in [2.75, 3.05) is 31.2 Å². The number of sulfone groups is 1. The zero-order chi connectivity index (χ0) is 17.9. The molecule has 2 aliphatic heterocycles. The highest BCUT2D eigenvalue weighted by atomic mass is 32.2. The van der Waals surface area contributed by atoms with Gasteiger partial charge in [-0.2, -0.15) is 0 Å². The van der Waals surface area contributed by atoms with Gasteiger partial charge >= 0.3 is 0 Å². The number of hydrogen-bond donors (Lipinski definition) is 1. The standard InChI is InChI=1S/C17H26N2O4S2/c1-17(6-9-25(21,22)13-17)18-16(20)12-19(10-14-4-2-7-23-14)11-15-5-3-8-24-15/h3,5,8,14H,2,4,6-7,9-13H2,1H3,(H,18,20). The molecule has 2 atom stereocenters. The van der Waals surface area contributed by atoms with Gasteiger partial charge in [-0.05, 0) is 37.6 Å². The second-order valence-corrected chi connectivity index (χ2v) is 10.6. The van der Waals surface area contributed by atoms with Crippen LogP contribution < -0.4 is 5.32 Å². The van der Waals surface area contributed by atoms with Crippen LogP contribution >= 0.6 is 11.3 Å². The first kappa shape index (κ1) is 18.8. The Kier molecular flexibility index (Phi) is 5.82. The fourth-order valence-electron chi connectivity index (χ4n) is 3.57. The maximum absolute atomic E-state index is 12.5. The van der Waals surface area contributed by atoms with Crippen LogP contribution in [0.4, 0.5) is 0 Å². The van der Waals surface area contributed by atoms with E-state index in [0.29, 0.717) is 13.0 Å². The average molecular weight is 387 g/mol. The summed E-state index contributed by atoms with van der Waals surface area (Å²) in [7, 11) is -3.03. The van der Waals surface area contributed by atoms with Crippen LogP contribution in [0.15, 0.2) is 17.5 Å². The molecule has 0 bridgehead atoms. The minimum absolute atomic E-state index is 0.0302. The van der Waals surface area contributed by atoms with Gasteiger partial charge in [-0.15, -0.1) is 11.3 Å². The number of amides is 1. The van der Waals surface area contributed by atoms with Gasteiger partial charge in [-0.3, -0.25) is 9.69 Å². The predicted octanol–water partition coefficient (Wildman–Crippen LogP) is 1.42. The fraction of sp³-hybridized carbons (Fsp3) is 0.706. The number of hydrogen-bond acceptors (Lipinski definition) is 6.